The Morgan fingerprint density at radius 3 is 2.65 bits per heavy atom. The zero-order valence-electron chi connectivity index (χ0n) is 10.1. The van der Waals surface area contributed by atoms with Gasteiger partial charge in [-0.15, -0.1) is 0 Å². The van der Waals surface area contributed by atoms with Crippen molar-refractivity contribution in [2.24, 2.45) is 10.8 Å². The maximum Gasteiger partial charge on any atom is 0.121 e. The third kappa shape index (κ3) is 2.48. The number of ether oxygens (including phenoxy) is 1. The summed E-state index contributed by atoms with van der Waals surface area (Å²) < 4.78 is 5.00. The van der Waals surface area contributed by atoms with Crippen LogP contribution in [0.4, 0.5) is 0 Å². The first-order chi connectivity index (χ1) is 8.33. The lowest BCUT2D eigenvalue weighted by molar-refractivity contribution is 0.208. The number of nitrogens with two attached hydrogens (primary N) is 1. The molecule has 0 aliphatic heterocycles. The summed E-state index contributed by atoms with van der Waals surface area (Å²) in [6, 6.07) is 10.4. The standard InChI is InChI=1S/C13H19N3O/c1-17-10-9-15-12(16-14)13(7-8-13)11-5-3-2-4-6-11/h2-6H,7-10,14H2,1H3,(H,15,16). The Bertz CT molecular complexity index is 385. The molecule has 0 bridgehead atoms. The van der Waals surface area contributed by atoms with Crippen molar-refractivity contribution in [3.63, 3.8) is 0 Å². The molecule has 1 saturated carbocycles. The van der Waals surface area contributed by atoms with Crippen LogP contribution in [0.15, 0.2) is 35.3 Å². The first kappa shape index (κ1) is 12.1. The molecule has 4 heteroatoms. The van der Waals surface area contributed by atoms with Crippen molar-refractivity contribution in [3.05, 3.63) is 35.9 Å². The van der Waals surface area contributed by atoms with Crippen LogP contribution in [0.1, 0.15) is 18.4 Å². The van der Waals surface area contributed by atoms with Gasteiger partial charge in [0.2, 0.25) is 0 Å². The molecule has 1 fully saturated rings. The fourth-order valence-corrected chi connectivity index (χ4v) is 2.13. The van der Waals surface area contributed by atoms with E-state index in [9.17, 15) is 0 Å². The van der Waals surface area contributed by atoms with Crippen molar-refractivity contribution >= 4 is 5.84 Å². The highest BCUT2D eigenvalue weighted by molar-refractivity contribution is 5.95. The van der Waals surface area contributed by atoms with Gasteiger partial charge in [0.25, 0.3) is 0 Å². The van der Waals surface area contributed by atoms with Crippen LogP contribution in [-0.2, 0) is 10.2 Å². The normalized spacial score (nSPS) is 17.9. The number of hydrogen-bond acceptors (Lipinski definition) is 3. The molecule has 0 saturated heterocycles. The molecule has 92 valence electrons. The van der Waals surface area contributed by atoms with Crippen molar-refractivity contribution in [3.8, 4) is 0 Å². The predicted molar refractivity (Wildman–Crippen MR) is 68.9 cm³/mol. The van der Waals surface area contributed by atoms with Crippen molar-refractivity contribution in [2.45, 2.75) is 18.3 Å². The van der Waals surface area contributed by atoms with E-state index in [0.29, 0.717) is 13.2 Å². The number of methoxy groups -OCH3 is 1. The van der Waals surface area contributed by atoms with Crippen LogP contribution in [0.3, 0.4) is 0 Å². The first-order valence-electron chi connectivity index (χ1n) is 5.89. The van der Waals surface area contributed by atoms with Gasteiger partial charge < -0.3 is 10.2 Å². The molecule has 1 aromatic carbocycles. The average molecular weight is 233 g/mol. The monoisotopic (exact) mass is 233 g/mol. The van der Waals surface area contributed by atoms with E-state index < -0.39 is 0 Å². The van der Waals surface area contributed by atoms with E-state index >= 15 is 0 Å². The summed E-state index contributed by atoms with van der Waals surface area (Å²) in [4.78, 5) is 4.50. The molecule has 4 nitrogen and oxygen atoms in total. The zero-order chi connectivity index (χ0) is 12.1. The van der Waals surface area contributed by atoms with E-state index in [-0.39, 0.29) is 5.41 Å². The minimum absolute atomic E-state index is 0.0176. The first-order valence-corrected chi connectivity index (χ1v) is 5.89. The van der Waals surface area contributed by atoms with Crippen molar-refractivity contribution < 1.29 is 4.74 Å². The number of hydrogen-bond donors (Lipinski definition) is 2. The van der Waals surface area contributed by atoms with Crippen LogP contribution in [0, 0.1) is 0 Å². The van der Waals surface area contributed by atoms with Crippen LogP contribution in [0.25, 0.3) is 0 Å². The average Bonchev–Trinajstić information content (AvgIpc) is 3.17. The Labute approximate surface area is 102 Å². The molecule has 0 radical (unpaired) electrons. The third-order valence-electron chi connectivity index (χ3n) is 3.23. The topological polar surface area (TPSA) is 59.6 Å². The van der Waals surface area contributed by atoms with E-state index in [0.717, 1.165) is 18.7 Å². The molecule has 1 aliphatic carbocycles. The molecule has 0 heterocycles. The fourth-order valence-electron chi connectivity index (χ4n) is 2.13. The highest BCUT2D eigenvalue weighted by atomic mass is 16.5. The maximum atomic E-state index is 5.60. The molecule has 17 heavy (non-hydrogen) atoms. The van der Waals surface area contributed by atoms with Crippen LogP contribution in [-0.4, -0.2) is 26.1 Å². The molecule has 1 aliphatic rings. The van der Waals surface area contributed by atoms with Gasteiger partial charge in [-0.3, -0.25) is 4.99 Å². The smallest absolute Gasteiger partial charge is 0.121 e. The summed E-state index contributed by atoms with van der Waals surface area (Å²) in [6.07, 6.45) is 2.21. The van der Waals surface area contributed by atoms with Gasteiger partial charge in [0.1, 0.15) is 5.84 Å². The second kappa shape index (κ2) is 5.29. The molecule has 1 aromatic rings. The van der Waals surface area contributed by atoms with E-state index in [1.807, 2.05) is 6.07 Å². The van der Waals surface area contributed by atoms with E-state index in [1.54, 1.807) is 7.11 Å². The Kier molecular flexibility index (Phi) is 3.76. The van der Waals surface area contributed by atoms with E-state index in [1.165, 1.54) is 5.56 Å². The molecule has 0 aromatic heterocycles. The summed E-state index contributed by atoms with van der Waals surface area (Å²) in [6.45, 7) is 1.26. The quantitative estimate of drug-likeness (QED) is 0.264. The summed E-state index contributed by atoms with van der Waals surface area (Å²) in [7, 11) is 1.68. The minimum Gasteiger partial charge on any atom is -0.383 e. The van der Waals surface area contributed by atoms with Gasteiger partial charge in [-0.1, -0.05) is 30.3 Å². The van der Waals surface area contributed by atoms with Gasteiger partial charge in [0.05, 0.1) is 18.6 Å². The van der Waals surface area contributed by atoms with Crippen molar-refractivity contribution in [1.29, 1.82) is 0 Å². The number of amidine groups is 1. The van der Waals surface area contributed by atoms with Crippen LogP contribution in [0.5, 0.6) is 0 Å². The Morgan fingerprint density at radius 1 is 1.41 bits per heavy atom. The van der Waals surface area contributed by atoms with Crippen molar-refractivity contribution in [1.82, 2.24) is 5.43 Å². The van der Waals surface area contributed by atoms with Crippen LogP contribution < -0.4 is 11.3 Å². The van der Waals surface area contributed by atoms with Gasteiger partial charge in [-0.05, 0) is 18.4 Å². The Balaban J connectivity index is 2.16. The van der Waals surface area contributed by atoms with Gasteiger partial charge in [-0.2, -0.15) is 0 Å². The largest absolute Gasteiger partial charge is 0.383 e. The van der Waals surface area contributed by atoms with Gasteiger partial charge in [-0.25, -0.2) is 5.84 Å². The number of benzene rings is 1. The SMILES string of the molecule is COCCN=C(NN)C1(c2ccccc2)CC1. The summed E-state index contributed by atoms with van der Waals surface area (Å²) in [5.74, 6) is 6.47. The lowest BCUT2D eigenvalue weighted by Gasteiger charge is -2.18. The number of aliphatic imine (C=N–C) groups is 1. The van der Waals surface area contributed by atoms with Gasteiger partial charge in [0.15, 0.2) is 0 Å². The summed E-state index contributed by atoms with van der Waals surface area (Å²) >= 11 is 0. The third-order valence-corrected chi connectivity index (χ3v) is 3.23. The molecule has 2 rings (SSSR count). The highest BCUT2D eigenvalue weighted by Gasteiger charge is 2.48. The van der Waals surface area contributed by atoms with E-state index in [2.05, 4.69) is 34.7 Å². The molecular weight excluding hydrogens is 214 g/mol. The number of nitrogens with one attached hydrogen (secondary N) is 1. The van der Waals surface area contributed by atoms with Crippen molar-refractivity contribution in [2.75, 3.05) is 20.3 Å². The number of nitrogens with zero attached hydrogens (tertiary/aromatic N) is 1. The lowest BCUT2D eigenvalue weighted by atomic mass is 9.95. The molecule has 0 spiro atoms. The fraction of sp³-hybridized carbons (Fsp3) is 0.462. The molecule has 0 amide bonds. The Hall–Kier alpha value is -1.39. The minimum atomic E-state index is 0.0176. The maximum absolute atomic E-state index is 5.60. The predicted octanol–water partition coefficient (Wildman–Crippen LogP) is 1.23. The van der Waals surface area contributed by atoms with Gasteiger partial charge in [0, 0.05) is 7.11 Å². The van der Waals surface area contributed by atoms with Gasteiger partial charge >= 0.3 is 0 Å². The summed E-state index contributed by atoms with van der Waals surface area (Å²) in [5.41, 5.74) is 4.06. The molecular formula is C13H19N3O. The van der Waals surface area contributed by atoms with Crippen LogP contribution in [0.2, 0.25) is 0 Å². The highest BCUT2D eigenvalue weighted by Crippen LogP contribution is 2.48. The summed E-state index contributed by atoms with van der Waals surface area (Å²) in [5, 5.41) is 0. The molecule has 3 N–H and O–H groups in total. The number of rotatable bonds is 5. The second-order valence-electron chi connectivity index (χ2n) is 4.32. The molecule has 0 atom stereocenters. The second-order valence-corrected chi connectivity index (χ2v) is 4.32. The molecule has 0 unspecified atom stereocenters. The van der Waals surface area contributed by atoms with E-state index in [4.69, 9.17) is 10.6 Å². The van der Waals surface area contributed by atoms with Crippen LogP contribution >= 0.6 is 0 Å². The Morgan fingerprint density at radius 2 is 2.12 bits per heavy atom. The lowest BCUT2D eigenvalue weighted by Crippen LogP contribution is -2.40. The zero-order valence-corrected chi connectivity index (χ0v) is 10.1. The number of hydrazine groups is 1.